The Kier molecular flexibility index (Phi) is 4.36. The minimum atomic E-state index is -0.129. The van der Waals surface area contributed by atoms with Crippen LogP contribution in [0, 0.1) is 19.8 Å². The molecule has 0 radical (unpaired) electrons. The number of amides is 1. The summed E-state index contributed by atoms with van der Waals surface area (Å²) in [5.41, 5.74) is 1.24. The third-order valence-electron chi connectivity index (χ3n) is 5.04. The van der Waals surface area contributed by atoms with Gasteiger partial charge in [-0.25, -0.2) is 0 Å². The number of nitrogens with zero attached hydrogens (tertiary/aromatic N) is 5. The van der Waals surface area contributed by atoms with Crippen molar-refractivity contribution in [2.75, 3.05) is 24.5 Å². The predicted molar refractivity (Wildman–Crippen MR) is 106 cm³/mol. The molecule has 1 aliphatic rings. The van der Waals surface area contributed by atoms with Crippen molar-refractivity contribution in [1.29, 1.82) is 0 Å². The second kappa shape index (κ2) is 6.61. The lowest BCUT2D eigenvalue weighted by Gasteiger charge is -2.40. The normalized spacial score (nSPS) is 15.1. The van der Waals surface area contributed by atoms with Crippen molar-refractivity contribution < 1.29 is 9.21 Å². The van der Waals surface area contributed by atoms with Crippen LogP contribution in [-0.2, 0) is 5.41 Å². The molecular weight excluding hydrogens is 356 g/mol. The average Bonchev–Trinajstić information content (AvgIpc) is 3.15. The molecule has 0 spiro atoms. The standard InChI is InChI=1S/C20H26N6O2/c1-12-8-15(13(2)28-12)18(27)21-9-14-10-25(11-14)17-7-6-16-22-23-19(20(3,4)5)26(16)24-17/h6-8,14H,9-11H2,1-5H3,(H,21,27). The highest BCUT2D eigenvalue weighted by molar-refractivity contribution is 5.95. The average molecular weight is 382 g/mol. The molecule has 1 amide bonds. The number of nitrogens with one attached hydrogen (secondary N) is 1. The quantitative estimate of drug-likeness (QED) is 0.746. The largest absolute Gasteiger partial charge is 0.466 e. The summed E-state index contributed by atoms with van der Waals surface area (Å²) in [6.07, 6.45) is 0. The van der Waals surface area contributed by atoms with E-state index >= 15 is 0 Å². The van der Waals surface area contributed by atoms with Crippen LogP contribution in [0.25, 0.3) is 5.65 Å². The van der Waals surface area contributed by atoms with Crippen molar-refractivity contribution in [1.82, 2.24) is 25.1 Å². The highest BCUT2D eigenvalue weighted by Gasteiger charge is 2.29. The van der Waals surface area contributed by atoms with Gasteiger partial charge in [0.25, 0.3) is 5.91 Å². The van der Waals surface area contributed by atoms with Crippen molar-refractivity contribution in [3.63, 3.8) is 0 Å². The molecule has 4 heterocycles. The lowest BCUT2D eigenvalue weighted by atomic mass is 9.96. The molecule has 8 nitrogen and oxygen atoms in total. The predicted octanol–water partition coefficient (Wildman–Crippen LogP) is 2.50. The highest BCUT2D eigenvalue weighted by Crippen LogP contribution is 2.25. The molecule has 1 fully saturated rings. The summed E-state index contributed by atoms with van der Waals surface area (Å²) < 4.78 is 7.26. The Morgan fingerprint density at radius 1 is 1.25 bits per heavy atom. The molecule has 0 unspecified atom stereocenters. The van der Waals surface area contributed by atoms with Gasteiger partial charge < -0.3 is 14.6 Å². The number of carbonyl (C=O) groups excluding carboxylic acids is 1. The molecule has 148 valence electrons. The molecule has 3 aromatic rings. The van der Waals surface area contributed by atoms with Gasteiger partial charge in [-0.3, -0.25) is 4.79 Å². The maximum absolute atomic E-state index is 12.3. The number of rotatable bonds is 4. The maximum Gasteiger partial charge on any atom is 0.254 e. The van der Waals surface area contributed by atoms with Crippen LogP contribution < -0.4 is 10.2 Å². The van der Waals surface area contributed by atoms with Gasteiger partial charge in [-0.1, -0.05) is 20.8 Å². The van der Waals surface area contributed by atoms with Crippen molar-refractivity contribution >= 4 is 17.4 Å². The Balaban J connectivity index is 1.37. The summed E-state index contributed by atoms with van der Waals surface area (Å²) in [5.74, 6) is 3.49. The fourth-order valence-corrected chi connectivity index (χ4v) is 3.49. The third-order valence-corrected chi connectivity index (χ3v) is 5.04. The maximum atomic E-state index is 12.3. The summed E-state index contributed by atoms with van der Waals surface area (Å²) >= 11 is 0. The van der Waals surface area contributed by atoms with Gasteiger partial charge in [0.15, 0.2) is 11.5 Å². The van der Waals surface area contributed by atoms with Gasteiger partial charge >= 0.3 is 0 Å². The second-order valence-electron chi connectivity index (χ2n) is 8.54. The molecule has 0 atom stereocenters. The summed E-state index contributed by atoms with van der Waals surface area (Å²) in [5, 5.41) is 16.2. The number of fused-ring (bicyclic) bond motifs is 1. The molecule has 0 aromatic carbocycles. The Morgan fingerprint density at radius 2 is 2.00 bits per heavy atom. The first-order chi connectivity index (χ1) is 13.2. The Hall–Kier alpha value is -2.90. The molecule has 28 heavy (non-hydrogen) atoms. The van der Waals surface area contributed by atoms with Crippen LogP contribution in [0.2, 0.25) is 0 Å². The van der Waals surface area contributed by atoms with Crippen molar-refractivity contribution in [2.45, 2.75) is 40.0 Å². The van der Waals surface area contributed by atoms with Crippen LogP contribution >= 0.6 is 0 Å². The molecular formula is C20H26N6O2. The Labute approximate surface area is 163 Å². The number of furan rings is 1. The van der Waals surface area contributed by atoms with Crippen molar-refractivity contribution in [3.8, 4) is 0 Å². The fourth-order valence-electron chi connectivity index (χ4n) is 3.49. The lowest BCUT2D eigenvalue weighted by Crippen LogP contribution is -2.52. The summed E-state index contributed by atoms with van der Waals surface area (Å²) in [6, 6.07) is 5.70. The lowest BCUT2D eigenvalue weighted by molar-refractivity contribution is 0.0943. The van der Waals surface area contributed by atoms with E-state index in [9.17, 15) is 4.79 Å². The molecule has 0 bridgehead atoms. The highest BCUT2D eigenvalue weighted by atomic mass is 16.3. The van der Waals surface area contributed by atoms with Gasteiger partial charge in [0.05, 0.1) is 5.56 Å². The smallest absolute Gasteiger partial charge is 0.254 e. The van der Waals surface area contributed by atoms with Gasteiger partial charge in [-0.05, 0) is 32.0 Å². The second-order valence-corrected chi connectivity index (χ2v) is 8.54. The Bertz CT molecular complexity index is 1020. The van der Waals surface area contributed by atoms with Gasteiger partial charge in [-0.15, -0.1) is 15.3 Å². The Morgan fingerprint density at radius 3 is 2.64 bits per heavy atom. The van der Waals surface area contributed by atoms with E-state index in [-0.39, 0.29) is 11.3 Å². The molecule has 0 saturated carbocycles. The van der Waals surface area contributed by atoms with Crippen molar-refractivity contribution in [3.05, 3.63) is 41.1 Å². The van der Waals surface area contributed by atoms with E-state index in [1.807, 2.05) is 30.5 Å². The SMILES string of the molecule is Cc1cc(C(=O)NCC2CN(c3ccc4nnc(C(C)(C)C)n4n3)C2)c(C)o1. The van der Waals surface area contributed by atoms with E-state index in [1.54, 1.807) is 6.07 Å². The van der Waals surface area contributed by atoms with E-state index in [1.165, 1.54) is 0 Å². The fraction of sp³-hybridized carbons (Fsp3) is 0.500. The van der Waals surface area contributed by atoms with Gasteiger partial charge in [0.2, 0.25) is 0 Å². The topological polar surface area (TPSA) is 88.6 Å². The minimum Gasteiger partial charge on any atom is -0.466 e. The third kappa shape index (κ3) is 3.34. The molecule has 0 aliphatic carbocycles. The van der Waals surface area contributed by atoms with E-state index in [0.29, 0.717) is 23.8 Å². The zero-order valence-electron chi connectivity index (χ0n) is 17.0. The van der Waals surface area contributed by atoms with E-state index < -0.39 is 0 Å². The van der Waals surface area contributed by atoms with Crippen LogP contribution in [0.5, 0.6) is 0 Å². The van der Waals surface area contributed by atoms with Crippen molar-refractivity contribution in [2.24, 2.45) is 5.92 Å². The number of aryl methyl sites for hydroxylation is 2. The summed E-state index contributed by atoms with van der Waals surface area (Å²) in [6.45, 7) is 12.3. The molecule has 8 heteroatoms. The van der Waals surface area contributed by atoms with Crippen LogP contribution in [0.1, 0.15) is 48.5 Å². The zero-order chi connectivity index (χ0) is 20.1. The molecule has 1 saturated heterocycles. The number of hydrogen-bond acceptors (Lipinski definition) is 6. The first kappa shape index (κ1) is 18.5. The molecule has 3 aromatic heterocycles. The van der Waals surface area contributed by atoms with Gasteiger partial charge in [0.1, 0.15) is 17.3 Å². The summed E-state index contributed by atoms with van der Waals surface area (Å²) in [7, 11) is 0. The van der Waals surface area contributed by atoms with Gasteiger partial charge in [0, 0.05) is 31.0 Å². The first-order valence-electron chi connectivity index (χ1n) is 9.55. The molecule has 1 aliphatic heterocycles. The number of carbonyl (C=O) groups is 1. The monoisotopic (exact) mass is 382 g/mol. The zero-order valence-corrected chi connectivity index (χ0v) is 17.0. The van der Waals surface area contributed by atoms with Crippen LogP contribution in [-0.4, -0.2) is 45.4 Å². The van der Waals surface area contributed by atoms with E-state index in [0.717, 1.165) is 36.1 Å². The van der Waals surface area contributed by atoms with Gasteiger partial charge in [-0.2, -0.15) is 4.52 Å². The number of aromatic nitrogens is 4. The number of anilines is 1. The van der Waals surface area contributed by atoms with Crippen LogP contribution in [0.3, 0.4) is 0 Å². The van der Waals surface area contributed by atoms with Crippen LogP contribution in [0.15, 0.2) is 22.6 Å². The first-order valence-corrected chi connectivity index (χ1v) is 9.55. The minimum absolute atomic E-state index is 0.0772. The number of hydrogen-bond donors (Lipinski definition) is 1. The summed E-state index contributed by atoms with van der Waals surface area (Å²) in [4.78, 5) is 14.5. The van der Waals surface area contributed by atoms with E-state index in [2.05, 4.69) is 41.2 Å². The van der Waals surface area contributed by atoms with Crippen LogP contribution in [0.4, 0.5) is 5.82 Å². The molecule has 4 rings (SSSR count). The van der Waals surface area contributed by atoms with E-state index in [4.69, 9.17) is 9.52 Å². The molecule has 1 N–H and O–H groups in total.